The van der Waals surface area contributed by atoms with Crippen LogP contribution in [0.4, 0.5) is 0 Å². The average Bonchev–Trinajstić information content (AvgIpc) is 3.12. The molecule has 1 heterocycles. The third kappa shape index (κ3) is 1.74. The Labute approximate surface area is 117 Å². The lowest BCUT2D eigenvalue weighted by atomic mass is 9.88. The highest BCUT2D eigenvalue weighted by Gasteiger charge is 2.42. The fourth-order valence-electron chi connectivity index (χ4n) is 4.24. The molecule has 0 aliphatic heterocycles. The van der Waals surface area contributed by atoms with Gasteiger partial charge in [0.2, 0.25) is 0 Å². The quantitative estimate of drug-likeness (QED) is 0.932. The number of aliphatic carboxylic acids is 1. The smallest absolute Gasteiger partial charge is 0.323 e. The summed E-state index contributed by atoms with van der Waals surface area (Å²) in [6, 6.07) is 7.87. The summed E-state index contributed by atoms with van der Waals surface area (Å²) >= 11 is 0. The normalized spacial score (nSPS) is 28.3. The molecule has 2 bridgehead atoms. The van der Waals surface area contributed by atoms with Gasteiger partial charge in [-0.05, 0) is 43.2 Å². The van der Waals surface area contributed by atoms with Crippen LogP contribution >= 0.6 is 0 Å². The van der Waals surface area contributed by atoms with Crippen molar-refractivity contribution in [3.63, 3.8) is 0 Å². The van der Waals surface area contributed by atoms with Crippen LogP contribution in [0.5, 0.6) is 0 Å². The van der Waals surface area contributed by atoms with Crippen LogP contribution in [-0.4, -0.2) is 20.6 Å². The Bertz CT molecular complexity index is 676. The Morgan fingerprint density at radius 2 is 2.15 bits per heavy atom. The number of aromatic nitrogens is 2. The molecule has 4 rings (SSSR count). The van der Waals surface area contributed by atoms with Gasteiger partial charge in [0.05, 0.1) is 11.0 Å². The van der Waals surface area contributed by atoms with E-state index in [1.807, 2.05) is 28.8 Å². The van der Waals surface area contributed by atoms with Crippen molar-refractivity contribution in [2.24, 2.45) is 11.8 Å². The predicted octanol–water partition coefficient (Wildman–Crippen LogP) is 3.02. The first-order valence-corrected chi connectivity index (χ1v) is 7.39. The third-order valence-corrected chi connectivity index (χ3v) is 5.05. The minimum Gasteiger partial charge on any atom is -0.480 e. The van der Waals surface area contributed by atoms with Gasteiger partial charge in [0, 0.05) is 5.92 Å². The Balaban J connectivity index is 1.83. The molecule has 4 heteroatoms. The van der Waals surface area contributed by atoms with Crippen LogP contribution < -0.4 is 0 Å². The summed E-state index contributed by atoms with van der Waals surface area (Å²) in [6.07, 6.45) is 5.13. The number of hydrogen-bond donors (Lipinski definition) is 1. The first kappa shape index (κ1) is 11.9. The first-order valence-electron chi connectivity index (χ1n) is 7.39. The Kier molecular flexibility index (Phi) is 2.59. The van der Waals surface area contributed by atoms with E-state index in [0.29, 0.717) is 11.8 Å². The highest BCUT2D eigenvalue weighted by molar-refractivity contribution is 5.78. The molecule has 3 unspecified atom stereocenters. The van der Waals surface area contributed by atoms with Crippen LogP contribution in [0, 0.1) is 11.8 Å². The number of rotatable bonds is 3. The van der Waals surface area contributed by atoms with Crippen molar-refractivity contribution >= 4 is 17.0 Å². The minimum absolute atomic E-state index is 0.0176. The van der Waals surface area contributed by atoms with Gasteiger partial charge < -0.3 is 9.67 Å². The molecule has 104 valence electrons. The zero-order valence-corrected chi connectivity index (χ0v) is 11.3. The number of benzene rings is 1. The van der Waals surface area contributed by atoms with E-state index in [4.69, 9.17) is 4.98 Å². The van der Waals surface area contributed by atoms with Crippen molar-refractivity contribution in [3.8, 4) is 0 Å². The summed E-state index contributed by atoms with van der Waals surface area (Å²) in [7, 11) is 0. The number of para-hydroxylation sites is 2. The molecule has 1 aromatic heterocycles. The molecule has 0 radical (unpaired) electrons. The molecule has 4 nitrogen and oxygen atoms in total. The number of carboxylic acids is 1. The summed E-state index contributed by atoms with van der Waals surface area (Å²) in [5.41, 5.74) is 1.87. The van der Waals surface area contributed by atoms with Crippen molar-refractivity contribution in [1.82, 2.24) is 9.55 Å². The lowest BCUT2D eigenvalue weighted by molar-refractivity contribution is -0.137. The average molecular weight is 270 g/mol. The van der Waals surface area contributed by atoms with E-state index in [1.54, 1.807) is 0 Å². The van der Waals surface area contributed by atoms with Gasteiger partial charge in [-0.1, -0.05) is 18.6 Å². The van der Waals surface area contributed by atoms with Gasteiger partial charge in [-0.15, -0.1) is 0 Å². The summed E-state index contributed by atoms with van der Waals surface area (Å²) in [5, 5.41) is 9.20. The van der Waals surface area contributed by atoms with Crippen LogP contribution in [-0.2, 0) is 11.3 Å². The van der Waals surface area contributed by atoms with Gasteiger partial charge >= 0.3 is 5.97 Å². The van der Waals surface area contributed by atoms with Crippen molar-refractivity contribution in [2.75, 3.05) is 0 Å². The van der Waals surface area contributed by atoms with Crippen LogP contribution in [0.1, 0.15) is 37.4 Å². The lowest BCUT2D eigenvalue weighted by Gasteiger charge is -2.21. The summed E-state index contributed by atoms with van der Waals surface area (Å²) in [4.78, 5) is 16.0. The topological polar surface area (TPSA) is 55.1 Å². The van der Waals surface area contributed by atoms with E-state index >= 15 is 0 Å². The monoisotopic (exact) mass is 270 g/mol. The van der Waals surface area contributed by atoms with Crippen molar-refractivity contribution < 1.29 is 9.90 Å². The molecule has 2 aromatic rings. The maximum absolute atomic E-state index is 11.2. The SMILES string of the molecule is O=C(O)Cn1c(C2CC3CCC2C3)nc2ccccc21. The van der Waals surface area contributed by atoms with E-state index in [0.717, 1.165) is 22.8 Å². The van der Waals surface area contributed by atoms with Gasteiger partial charge in [-0.3, -0.25) is 4.79 Å². The number of carbonyl (C=O) groups is 1. The number of hydrogen-bond acceptors (Lipinski definition) is 2. The number of fused-ring (bicyclic) bond motifs is 3. The zero-order valence-electron chi connectivity index (χ0n) is 11.3. The molecule has 0 saturated heterocycles. The summed E-state index contributed by atoms with van der Waals surface area (Å²) in [6.45, 7) is 0.0176. The zero-order chi connectivity index (χ0) is 13.7. The largest absolute Gasteiger partial charge is 0.480 e. The lowest BCUT2D eigenvalue weighted by Crippen LogP contribution is -2.18. The molecule has 20 heavy (non-hydrogen) atoms. The van der Waals surface area contributed by atoms with Gasteiger partial charge in [0.1, 0.15) is 12.4 Å². The van der Waals surface area contributed by atoms with Crippen LogP contribution in [0.25, 0.3) is 11.0 Å². The number of nitrogens with zero attached hydrogens (tertiary/aromatic N) is 2. The molecule has 2 saturated carbocycles. The number of carboxylic acid groups (broad SMARTS) is 1. The third-order valence-electron chi connectivity index (χ3n) is 5.05. The second-order valence-electron chi connectivity index (χ2n) is 6.22. The Morgan fingerprint density at radius 3 is 2.85 bits per heavy atom. The minimum atomic E-state index is -0.794. The highest BCUT2D eigenvalue weighted by atomic mass is 16.4. The van der Waals surface area contributed by atoms with Gasteiger partial charge in [0.15, 0.2) is 0 Å². The van der Waals surface area contributed by atoms with Crippen molar-refractivity contribution in [1.29, 1.82) is 0 Å². The molecule has 0 spiro atoms. The fourth-order valence-corrected chi connectivity index (χ4v) is 4.24. The van der Waals surface area contributed by atoms with Gasteiger partial charge in [0.25, 0.3) is 0 Å². The van der Waals surface area contributed by atoms with E-state index in [-0.39, 0.29) is 6.54 Å². The molecule has 1 aromatic carbocycles. The highest BCUT2D eigenvalue weighted by Crippen LogP contribution is 2.52. The maximum Gasteiger partial charge on any atom is 0.323 e. The molecule has 2 aliphatic carbocycles. The second kappa shape index (κ2) is 4.33. The Morgan fingerprint density at radius 1 is 1.30 bits per heavy atom. The van der Waals surface area contributed by atoms with Gasteiger partial charge in [-0.25, -0.2) is 4.98 Å². The number of imidazole rings is 1. The molecule has 2 aliphatic rings. The molecular weight excluding hydrogens is 252 g/mol. The van der Waals surface area contributed by atoms with Crippen molar-refractivity contribution in [2.45, 2.75) is 38.1 Å². The molecular formula is C16H18N2O2. The molecule has 3 atom stereocenters. The van der Waals surface area contributed by atoms with Crippen LogP contribution in [0.15, 0.2) is 24.3 Å². The molecule has 2 fully saturated rings. The van der Waals surface area contributed by atoms with E-state index in [1.165, 1.54) is 25.7 Å². The van der Waals surface area contributed by atoms with Crippen LogP contribution in [0.2, 0.25) is 0 Å². The fraction of sp³-hybridized carbons (Fsp3) is 0.500. The summed E-state index contributed by atoms with van der Waals surface area (Å²) < 4.78 is 1.92. The van der Waals surface area contributed by atoms with E-state index in [2.05, 4.69) is 0 Å². The predicted molar refractivity (Wildman–Crippen MR) is 75.6 cm³/mol. The van der Waals surface area contributed by atoms with E-state index < -0.39 is 5.97 Å². The maximum atomic E-state index is 11.2. The van der Waals surface area contributed by atoms with Crippen molar-refractivity contribution in [3.05, 3.63) is 30.1 Å². The Hall–Kier alpha value is -1.84. The standard InChI is InChI=1S/C16H18N2O2/c19-15(20)9-18-14-4-2-1-3-13(14)17-16(18)12-8-10-5-6-11(12)7-10/h1-4,10-12H,5-9H2,(H,19,20). The van der Waals surface area contributed by atoms with Gasteiger partial charge in [-0.2, -0.15) is 0 Å². The second-order valence-corrected chi connectivity index (χ2v) is 6.22. The van der Waals surface area contributed by atoms with Crippen LogP contribution in [0.3, 0.4) is 0 Å². The van der Waals surface area contributed by atoms with E-state index in [9.17, 15) is 9.90 Å². The molecule has 0 amide bonds. The summed E-state index contributed by atoms with van der Waals surface area (Å²) in [5.74, 6) is 2.21. The molecule has 1 N–H and O–H groups in total. The first-order chi connectivity index (χ1) is 9.72.